The van der Waals surface area contributed by atoms with E-state index in [4.69, 9.17) is 9.73 Å². The first-order chi connectivity index (χ1) is 20.4. The molecule has 1 aliphatic heterocycles. The van der Waals surface area contributed by atoms with Crippen LogP contribution < -0.4 is 0 Å². The molecule has 2 aromatic rings. The molecule has 0 saturated carbocycles. The van der Waals surface area contributed by atoms with Gasteiger partial charge in [-0.2, -0.15) is 0 Å². The van der Waals surface area contributed by atoms with Gasteiger partial charge >= 0.3 is 0 Å². The number of aryl methyl sites for hydroxylation is 2. The summed E-state index contributed by atoms with van der Waals surface area (Å²) in [6.07, 6.45) is 11.9. The van der Waals surface area contributed by atoms with Crippen LogP contribution in [0.5, 0.6) is 0 Å². The number of benzene rings is 2. The van der Waals surface area contributed by atoms with Gasteiger partial charge in [0.1, 0.15) is 11.7 Å². The number of aliphatic imine (C=N–C) groups is 1. The first-order valence-electron chi connectivity index (χ1n) is 17.2. The smallest absolute Gasteiger partial charge is 0.132 e. The van der Waals surface area contributed by atoms with Gasteiger partial charge in [-0.25, -0.2) is 4.39 Å². The predicted octanol–water partition coefficient (Wildman–Crippen LogP) is 10.6. The van der Waals surface area contributed by atoms with Crippen molar-refractivity contribution in [1.29, 1.82) is 0 Å². The van der Waals surface area contributed by atoms with Gasteiger partial charge < -0.3 is 9.64 Å². The first-order valence-corrected chi connectivity index (χ1v) is 17.2. The molecule has 1 fully saturated rings. The summed E-state index contributed by atoms with van der Waals surface area (Å²) < 4.78 is 22.4. The average Bonchev–Trinajstić information content (AvgIpc) is 3.14. The number of halogens is 1. The Morgan fingerprint density at radius 3 is 2.28 bits per heavy atom. The van der Waals surface area contributed by atoms with Gasteiger partial charge in [0.05, 0.1) is 13.2 Å². The maximum absolute atomic E-state index is 16.4. The highest BCUT2D eigenvalue weighted by atomic mass is 19.1. The molecule has 4 heteroatoms. The molecule has 0 N–H and O–H groups in total. The molecule has 240 valence electrons. The van der Waals surface area contributed by atoms with Gasteiger partial charge in [0, 0.05) is 36.2 Å². The minimum absolute atomic E-state index is 0.00575. The van der Waals surface area contributed by atoms with Crippen molar-refractivity contribution in [2.24, 2.45) is 15.8 Å². The van der Waals surface area contributed by atoms with Crippen LogP contribution in [0, 0.1) is 37.4 Å². The van der Waals surface area contributed by atoms with E-state index in [0.29, 0.717) is 12.0 Å². The highest BCUT2D eigenvalue weighted by Gasteiger charge is 2.30. The van der Waals surface area contributed by atoms with Gasteiger partial charge in [-0.05, 0) is 86.6 Å². The van der Waals surface area contributed by atoms with Gasteiger partial charge in [0.15, 0.2) is 0 Å². The second-order valence-corrected chi connectivity index (χ2v) is 14.4. The first kappa shape index (κ1) is 35.3. The number of nitrogens with zero attached hydrogens (tertiary/aromatic N) is 2. The van der Waals surface area contributed by atoms with Crippen LogP contribution in [0.1, 0.15) is 127 Å². The number of unbranched alkanes of at least 4 members (excludes halogenated alkanes) is 2. The second-order valence-electron chi connectivity index (χ2n) is 14.4. The highest BCUT2D eigenvalue weighted by Crippen LogP contribution is 2.37. The number of hydrogen-bond donors (Lipinski definition) is 0. The Balaban J connectivity index is 2.03. The molecule has 0 aliphatic carbocycles. The molecule has 1 saturated heterocycles. The molecule has 0 radical (unpaired) electrons. The predicted molar refractivity (Wildman–Crippen MR) is 184 cm³/mol. The van der Waals surface area contributed by atoms with E-state index in [-0.39, 0.29) is 11.2 Å². The Labute approximate surface area is 263 Å². The van der Waals surface area contributed by atoms with Gasteiger partial charge in [-0.3, -0.25) is 4.99 Å². The SMILES string of the molecule is CCCCC(C)(CCCC)CCC/N=C(\c1cc(F)c(-c2cc(C)ccc2CCC)c(C)c1C)N1CCOCC(C)(C)C1. The van der Waals surface area contributed by atoms with Gasteiger partial charge in [0.2, 0.25) is 0 Å². The molecule has 0 unspecified atom stereocenters. The van der Waals surface area contributed by atoms with Crippen LogP contribution in [0.25, 0.3) is 11.1 Å². The van der Waals surface area contributed by atoms with E-state index in [2.05, 4.69) is 85.4 Å². The molecule has 0 aromatic heterocycles. The number of rotatable bonds is 14. The zero-order valence-corrected chi connectivity index (χ0v) is 29.1. The molecule has 3 nitrogen and oxygen atoms in total. The van der Waals surface area contributed by atoms with E-state index in [9.17, 15) is 0 Å². The Morgan fingerprint density at radius 2 is 1.63 bits per heavy atom. The molecule has 1 aliphatic rings. The van der Waals surface area contributed by atoms with Crippen LogP contribution in [0.3, 0.4) is 0 Å². The normalized spacial score (nSPS) is 16.0. The van der Waals surface area contributed by atoms with Crippen molar-refractivity contribution in [3.63, 3.8) is 0 Å². The van der Waals surface area contributed by atoms with Crippen molar-refractivity contribution >= 4 is 5.84 Å². The van der Waals surface area contributed by atoms with E-state index < -0.39 is 0 Å². The summed E-state index contributed by atoms with van der Waals surface area (Å²) in [6, 6.07) is 8.26. The Hall–Kier alpha value is -2.20. The average molecular weight is 593 g/mol. The van der Waals surface area contributed by atoms with Crippen LogP contribution in [-0.4, -0.2) is 43.6 Å². The summed E-state index contributed by atoms with van der Waals surface area (Å²) in [4.78, 5) is 7.69. The van der Waals surface area contributed by atoms with Crippen LogP contribution in [0.4, 0.5) is 4.39 Å². The zero-order chi connectivity index (χ0) is 31.6. The van der Waals surface area contributed by atoms with E-state index in [0.717, 1.165) is 84.7 Å². The van der Waals surface area contributed by atoms with E-state index in [1.807, 2.05) is 0 Å². The van der Waals surface area contributed by atoms with E-state index >= 15 is 4.39 Å². The van der Waals surface area contributed by atoms with E-state index in [1.165, 1.54) is 50.5 Å². The largest absolute Gasteiger partial charge is 0.379 e. The maximum atomic E-state index is 16.4. The fraction of sp³-hybridized carbons (Fsp3) is 0.667. The van der Waals surface area contributed by atoms with E-state index in [1.54, 1.807) is 6.07 Å². The van der Waals surface area contributed by atoms with Crippen LogP contribution in [-0.2, 0) is 11.2 Å². The number of ether oxygens (including phenoxy) is 1. The van der Waals surface area contributed by atoms with Crippen molar-refractivity contribution in [3.8, 4) is 11.1 Å². The summed E-state index contributed by atoms with van der Waals surface area (Å²) in [7, 11) is 0. The van der Waals surface area contributed by atoms with Crippen molar-refractivity contribution in [2.45, 2.75) is 127 Å². The lowest BCUT2D eigenvalue weighted by atomic mass is 9.76. The third-order valence-electron chi connectivity index (χ3n) is 9.53. The summed E-state index contributed by atoms with van der Waals surface area (Å²) in [5, 5.41) is 0. The van der Waals surface area contributed by atoms with Gasteiger partial charge in [-0.1, -0.05) is 97.4 Å². The number of amidine groups is 1. The molecule has 2 aromatic carbocycles. The fourth-order valence-electron chi connectivity index (χ4n) is 6.82. The quantitative estimate of drug-likeness (QED) is 0.124. The Morgan fingerprint density at radius 1 is 0.953 bits per heavy atom. The second kappa shape index (κ2) is 16.2. The molecule has 1 heterocycles. The molecular formula is C39H61FN2O. The third kappa shape index (κ3) is 9.64. The summed E-state index contributed by atoms with van der Waals surface area (Å²) in [5.41, 5.74) is 7.61. The third-order valence-corrected chi connectivity index (χ3v) is 9.53. The Kier molecular flexibility index (Phi) is 13.3. The molecule has 0 amide bonds. The van der Waals surface area contributed by atoms with Crippen molar-refractivity contribution in [1.82, 2.24) is 4.90 Å². The van der Waals surface area contributed by atoms with Crippen molar-refractivity contribution < 1.29 is 9.13 Å². The van der Waals surface area contributed by atoms with Crippen molar-refractivity contribution in [3.05, 3.63) is 57.9 Å². The molecular weight excluding hydrogens is 531 g/mol. The fourth-order valence-corrected chi connectivity index (χ4v) is 6.82. The minimum atomic E-state index is -0.147. The van der Waals surface area contributed by atoms with Gasteiger partial charge in [0.25, 0.3) is 0 Å². The summed E-state index contributed by atoms with van der Waals surface area (Å²) in [5.74, 6) is 0.789. The summed E-state index contributed by atoms with van der Waals surface area (Å²) >= 11 is 0. The molecule has 3 rings (SSSR count). The lowest BCUT2D eigenvalue weighted by molar-refractivity contribution is 0.0890. The van der Waals surface area contributed by atoms with Crippen LogP contribution >= 0.6 is 0 Å². The molecule has 0 atom stereocenters. The van der Waals surface area contributed by atoms with Crippen LogP contribution in [0.15, 0.2) is 29.3 Å². The molecule has 0 bridgehead atoms. The lowest BCUT2D eigenvalue weighted by Crippen LogP contribution is -2.40. The zero-order valence-electron chi connectivity index (χ0n) is 29.1. The molecule has 0 spiro atoms. The minimum Gasteiger partial charge on any atom is -0.379 e. The highest BCUT2D eigenvalue weighted by molar-refractivity contribution is 6.01. The maximum Gasteiger partial charge on any atom is 0.132 e. The molecule has 43 heavy (non-hydrogen) atoms. The Bertz CT molecular complexity index is 1210. The topological polar surface area (TPSA) is 24.8 Å². The van der Waals surface area contributed by atoms with Crippen LogP contribution in [0.2, 0.25) is 0 Å². The van der Waals surface area contributed by atoms with Crippen molar-refractivity contribution in [2.75, 3.05) is 32.8 Å². The lowest BCUT2D eigenvalue weighted by Gasteiger charge is -2.32. The number of hydrogen-bond acceptors (Lipinski definition) is 2. The summed E-state index contributed by atoms with van der Waals surface area (Å²) in [6.45, 7) is 23.9. The van der Waals surface area contributed by atoms with Gasteiger partial charge in [-0.15, -0.1) is 0 Å². The standard InChI is InChI=1S/C39H61FN2O/c1-10-13-19-39(9,20-14-11-2)21-15-22-41-37(42-23-24-43-28-38(7,8)27-42)33-26-35(40)36(31(6)30(33)5)34-25-29(4)17-18-32(34)16-12-3/h17-18,25-26H,10-16,19-24,27-28H2,1-9H3/b41-37+. The monoisotopic (exact) mass is 592 g/mol.